The third-order valence-corrected chi connectivity index (χ3v) is 16.9. The van der Waals surface area contributed by atoms with Gasteiger partial charge >= 0.3 is 0 Å². The number of para-hydroxylation sites is 3. The maximum absolute atomic E-state index is 2.53. The lowest BCUT2D eigenvalue weighted by Gasteiger charge is -2.24. The number of rotatable bonds is 6. The van der Waals surface area contributed by atoms with Crippen molar-refractivity contribution in [1.29, 1.82) is 0 Å². The van der Waals surface area contributed by atoms with Gasteiger partial charge in [-0.25, -0.2) is 0 Å². The molecule has 2 aromatic heterocycles. The van der Waals surface area contributed by atoms with Crippen LogP contribution in [0.3, 0.4) is 0 Å². The second kappa shape index (κ2) is 15.8. The Morgan fingerprint density at radius 2 is 0.757 bits per heavy atom. The Bertz CT molecular complexity index is 4510. The van der Waals surface area contributed by atoms with E-state index in [1.165, 1.54) is 144 Å². The first-order valence-electron chi connectivity index (χ1n) is 26.1. The highest BCUT2D eigenvalue weighted by molar-refractivity contribution is 6.12. The third kappa shape index (κ3) is 6.24. The van der Waals surface area contributed by atoms with Gasteiger partial charge in [-0.1, -0.05) is 198 Å². The highest BCUT2D eigenvalue weighted by Crippen LogP contribution is 2.57. The van der Waals surface area contributed by atoms with Crippen LogP contribution < -0.4 is 0 Å². The van der Waals surface area contributed by atoms with Crippen LogP contribution in [0.2, 0.25) is 0 Å². The number of hydrogen-bond donors (Lipinski definition) is 0. The van der Waals surface area contributed by atoms with Crippen LogP contribution in [0.1, 0.15) is 61.1 Å². The molecule has 13 aromatic rings. The van der Waals surface area contributed by atoms with Gasteiger partial charge < -0.3 is 9.13 Å². The molecule has 2 aliphatic rings. The average molecular weight is 945 g/mol. The van der Waals surface area contributed by atoms with Crippen molar-refractivity contribution in [2.24, 2.45) is 0 Å². The highest BCUT2D eigenvalue weighted by Gasteiger charge is 2.42. The monoisotopic (exact) mass is 944 g/mol. The quantitative estimate of drug-likeness (QED) is 0.147. The van der Waals surface area contributed by atoms with Crippen molar-refractivity contribution in [2.45, 2.75) is 38.5 Å². The number of aromatic nitrogens is 2. The van der Waals surface area contributed by atoms with E-state index in [4.69, 9.17) is 0 Å². The highest BCUT2D eigenvalue weighted by atomic mass is 15.0. The normalized spacial score (nSPS) is 14.1. The summed E-state index contributed by atoms with van der Waals surface area (Å²) in [6, 6.07) is 85.9. The van der Waals surface area contributed by atoms with E-state index in [0.29, 0.717) is 0 Å². The molecular weight excluding hydrogens is 893 g/mol. The molecule has 0 aliphatic heterocycles. The lowest BCUT2D eigenvalue weighted by molar-refractivity contribution is 0.652. The fourth-order valence-electron chi connectivity index (χ4n) is 13.1. The Hall–Kier alpha value is -8.98. The molecule has 0 saturated carbocycles. The lowest BCUT2D eigenvalue weighted by Crippen LogP contribution is -2.17. The van der Waals surface area contributed by atoms with E-state index >= 15 is 0 Å². The Labute approximate surface area is 431 Å². The minimum absolute atomic E-state index is 0.146. The first-order valence-corrected chi connectivity index (χ1v) is 26.1. The molecule has 2 heteroatoms. The zero-order valence-electron chi connectivity index (χ0n) is 42.0. The van der Waals surface area contributed by atoms with Gasteiger partial charge in [-0.3, -0.25) is 0 Å². The molecule has 74 heavy (non-hydrogen) atoms. The molecule has 0 N–H and O–H groups in total. The molecule has 0 fully saturated rings. The largest absolute Gasteiger partial charge is 0.309 e. The molecule has 0 spiro atoms. The van der Waals surface area contributed by atoms with Gasteiger partial charge in [0.2, 0.25) is 0 Å². The van der Waals surface area contributed by atoms with E-state index in [2.05, 4.69) is 280 Å². The summed E-state index contributed by atoms with van der Waals surface area (Å²) in [5.74, 6) is 0. The standard InChI is InChI=1S/C72H52N2/c1-71(2)62-39-46(26-25-45-27-30-47(31-28-45)49-33-37-69-60(40-49)56-20-10-12-22-67(56)73(69)52-17-6-5-7-18-52)29-35-54(62)58-43-65-59(44-64(58)71)55-36-32-51(42-63(55)72(65,3)4)50-34-38-70-61(41-50)57-21-11-13-23-68(57)74(70)66-24-14-16-48-15-8-9-19-53(48)66/h5-44H,1-4H3/b26-25+. The Balaban J connectivity index is 0.718. The first-order chi connectivity index (χ1) is 36.2. The average Bonchev–Trinajstić information content (AvgIpc) is 4.10. The van der Waals surface area contributed by atoms with Crippen molar-refractivity contribution in [3.63, 3.8) is 0 Å². The van der Waals surface area contributed by atoms with E-state index in [-0.39, 0.29) is 10.8 Å². The molecule has 2 nitrogen and oxygen atoms in total. The molecular formula is C72H52N2. The molecule has 0 atom stereocenters. The van der Waals surface area contributed by atoms with Crippen LogP contribution in [0.5, 0.6) is 0 Å². The van der Waals surface area contributed by atoms with Crippen LogP contribution in [0.15, 0.2) is 231 Å². The Kier molecular flexibility index (Phi) is 9.09. The maximum atomic E-state index is 2.53. The summed E-state index contributed by atoms with van der Waals surface area (Å²) in [4.78, 5) is 0. The third-order valence-electron chi connectivity index (χ3n) is 16.9. The van der Waals surface area contributed by atoms with Crippen LogP contribution in [0.25, 0.3) is 122 Å². The van der Waals surface area contributed by atoms with Gasteiger partial charge in [-0.15, -0.1) is 0 Å². The summed E-state index contributed by atoms with van der Waals surface area (Å²) in [6.07, 6.45) is 4.53. The predicted molar refractivity (Wildman–Crippen MR) is 314 cm³/mol. The molecule has 0 amide bonds. The summed E-state index contributed by atoms with van der Waals surface area (Å²) in [6.45, 7) is 9.65. The summed E-state index contributed by atoms with van der Waals surface area (Å²) in [5, 5.41) is 7.58. The van der Waals surface area contributed by atoms with Crippen LogP contribution >= 0.6 is 0 Å². The SMILES string of the molecule is CC1(C)c2cc(/C=C/c3ccc(-c4ccc5c(c4)c4ccccc4n5-c4ccccc4)cc3)ccc2-c2cc3c(cc21)-c1ccc(-c2ccc4c(c2)c2ccccc2n4-c2cccc4ccccc24)cc1C3(C)C. The second-order valence-electron chi connectivity index (χ2n) is 21.7. The molecule has 0 radical (unpaired) electrons. The van der Waals surface area contributed by atoms with Crippen molar-refractivity contribution in [3.8, 4) is 55.9 Å². The fraction of sp³-hybridized carbons (Fsp3) is 0.0833. The number of hydrogen-bond acceptors (Lipinski definition) is 0. The Morgan fingerprint density at radius 3 is 1.45 bits per heavy atom. The van der Waals surface area contributed by atoms with Crippen LogP contribution in [-0.2, 0) is 10.8 Å². The zero-order valence-corrected chi connectivity index (χ0v) is 42.0. The van der Waals surface area contributed by atoms with Crippen LogP contribution in [-0.4, -0.2) is 9.13 Å². The molecule has 0 saturated heterocycles. The van der Waals surface area contributed by atoms with Crippen molar-refractivity contribution < 1.29 is 0 Å². The minimum Gasteiger partial charge on any atom is -0.309 e. The molecule has 15 rings (SSSR count). The summed E-state index contributed by atoms with van der Waals surface area (Å²) in [7, 11) is 0. The predicted octanol–water partition coefficient (Wildman–Crippen LogP) is 19.2. The first kappa shape index (κ1) is 42.7. The summed E-state index contributed by atoms with van der Waals surface area (Å²) >= 11 is 0. The zero-order chi connectivity index (χ0) is 49.5. The minimum atomic E-state index is -0.162. The van der Waals surface area contributed by atoms with E-state index in [0.717, 1.165) is 0 Å². The molecule has 2 aliphatic carbocycles. The van der Waals surface area contributed by atoms with Crippen molar-refractivity contribution >= 4 is 66.5 Å². The van der Waals surface area contributed by atoms with Crippen LogP contribution in [0.4, 0.5) is 0 Å². The second-order valence-corrected chi connectivity index (χ2v) is 21.7. The smallest absolute Gasteiger partial charge is 0.0541 e. The van der Waals surface area contributed by atoms with Gasteiger partial charge in [0, 0.05) is 43.4 Å². The fourth-order valence-corrected chi connectivity index (χ4v) is 13.1. The van der Waals surface area contributed by atoms with Crippen LogP contribution in [0, 0.1) is 0 Å². The number of nitrogens with zero attached hydrogens (tertiary/aromatic N) is 2. The Morgan fingerprint density at radius 1 is 0.297 bits per heavy atom. The van der Waals surface area contributed by atoms with E-state index < -0.39 is 0 Å². The maximum Gasteiger partial charge on any atom is 0.0541 e. The molecule has 350 valence electrons. The van der Waals surface area contributed by atoms with Gasteiger partial charge in [0.25, 0.3) is 0 Å². The van der Waals surface area contributed by atoms with E-state index in [9.17, 15) is 0 Å². The number of benzene rings is 11. The van der Waals surface area contributed by atoms with Gasteiger partial charge in [-0.2, -0.15) is 0 Å². The van der Waals surface area contributed by atoms with Gasteiger partial charge in [0.15, 0.2) is 0 Å². The van der Waals surface area contributed by atoms with Crippen molar-refractivity contribution in [1.82, 2.24) is 9.13 Å². The lowest BCUT2D eigenvalue weighted by atomic mass is 9.79. The van der Waals surface area contributed by atoms with E-state index in [1.54, 1.807) is 0 Å². The molecule has 0 bridgehead atoms. The molecule has 2 heterocycles. The van der Waals surface area contributed by atoms with E-state index in [1.807, 2.05) is 0 Å². The van der Waals surface area contributed by atoms with Gasteiger partial charge in [0.05, 0.1) is 27.8 Å². The van der Waals surface area contributed by atoms with Crippen molar-refractivity contribution in [3.05, 3.63) is 264 Å². The summed E-state index contributed by atoms with van der Waals surface area (Å²) in [5.41, 5.74) is 25.3. The molecule has 0 unspecified atom stereocenters. The summed E-state index contributed by atoms with van der Waals surface area (Å²) < 4.78 is 4.82. The molecule has 11 aromatic carbocycles. The topological polar surface area (TPSA) is 9.86 Å². The van der Waals surface area contributed by atoms with Crippen molar-refractivity contribution in [2.75, 3.05) is 0 Å². The van der Waals surface area contributed by atoms with Gasteiger partial charge in [-0.05, 0) is 156 Å². The number of fused-ring (bicyclic) bond motifs is 13. The van der Waals surface area contributed by atoms with Gasteiger partial charge in [0.1, 0.15) is 0 Å².